The fourth-order valence-corrected chi connectivity index (χ4v) is 2.20. The molecule has 2 rings (SSSR count). The van der Waals surface area contributed by atoms with Crippen molar-refractivity contribution in [2.75, 3.05) is 0 Å². The summed E-state index contributed by atoms with van der Waals surface area (Å²) in [6.07, 6.45) is 0. The number of hydrogen-bond donors (Lipinski definition) is 0. The van der Waals surface area contributed by atoms with E-state index in [1.54, 1.807) is 24.3 Å². The zero-order valence-electron chi connectivity index (χ0n) is 9.34. The van der Waals surface area contributed by atoms with Gasteiger partial charge in [0.15, 0.2) is 0 Å². The first kappa shape index (κ1) is 14.4. The van der Waals surface area contributed by atoms with E-state index in [0.717, 1.165) is 0 Å². The molecule has 0 aliphatic heterocycles. The first-order chi connectivity index (χ1) is 8.99. The normalized spacial score (nSPS) is 10.8. The van der Waals surface area contributed by atoms with E-state index < -0.39 is 6.61 Å². The molecule has 0 N–H and O–H groups in total. The van der Waals surface area contributed by atoms with Gasteiger partial charge in [-0.05, 0) is 29.8 Å². The predicted molar refractivity (Wildman–Crippen MR) is 73.5 cm³/mol. The van der Waals surface area contributed by atoms with Crippen LogP contribution in [0.1, 0.15) is 0 Å². The topological polar surface area (TPSA) is 9.23 Å². The Morgan fingerprint density at radius 1 is 0.895 bits per heavy atom. The molecule has 0 aliphatic carbocycles. The van der Waals surface area contributed by atoms with E-state index in [9.17, 15) is 8.78 Å². The number of benzene rings is 2. The molecule has 0 fully saturated rings. The average molecular weight is 324 g/mol. The standard InChI is InChI=1S/C13H7Cl3F2O/c14-8-5-4-7(6-10(8)16)12-9(15)2-1-3-11(12)19-13(17)18/h1-6,13H. The number of alkyl halides is 2. The maximum absolute atomic E-state index is 12.4. The molecule has 0 bridgehead atoms. The largest absolute Gasteiger partial charge is 0.434 e. The number of halogens is 5. The van der Waals surface area contributed by atoms with Crippen LogP contribution in [0.5, 0.6) is 5.75 Å². The summed E-state index contributed by atoms with van der Waals surface area (Å²) in [5, 5.41) is 0.965. The van der Waals surface area contributed by atoms with Gasteiger partial charge in [0.2, 0.25) is 0 Å². The molecule has 6 heteroatoms. The lowest BCUT2D eigenvalue weighted by Crippen LogP contribution is -2.03. The maximum atomic E-state index is 12.4. The lowest BCUT2D eigenvalue weighted by molar-refractivity contribution is -0.0494. The van der Waals surface area contributed by atoms with Gasteiger partial charge in [-0.3, -0.25) is 0 Å². The molecular weight excluding hydrogens is 316 g/mol. The summed E-state index contributed by atoms with van der Waals surface area (Å²) in [6, 6.07) is 9.26. The minimum Gasteiger partial charge on any atom is -0.434 e. The van der Waals surface area contributed by atoms with Crippen LogP contribution < -0.4 is 4.74 Å². The van der Waals surface area contributed by atoms with Gasteiger partial charge in [-0.1, -0.05) is 46.9 Å². The Hall–Kier alpha value is -1.03. The van der Waals surface area contributed by atoms with Crippen molar-refractivity contribution in [2.45, 2.75) is 6.61 Å². The summed E-state index contributed by atoms with van der Waals surface area (Å²) in [4.78, 5) is 0. The second-order valence-corrected chi connectivity index (χ2v) is 4.84. The average Bonchev–Trinajstić information content (AvgIpc) is 2.32. The van der Waals surface area contributed by atoms with Crippen molar-refractivity contribution in [3.8, 4) is 16.9 Å². The van der Waals surface area contributed by atoms with Gasteiger partial charge in [-0.15, -0.1) is 0 Å². The molecule has 0 saturated carbocycles. The van der Waals surface area contributed by atoms with E-state index in [2.05, 4.69) is 4.74 Å². The molecule has 0 atom stereocenters. The summed E-state index contributed by atoms with van der Waals surface area (Å²) in [5.41, 5.74) is 0.902. The molecular formula is C13H7Cl3F2O. The Bertz CT molecular complexity index is 602. The molecule has 0 radical (unpaired) electrons. The van der Waals surface area contributed by atoms with Crippen molar-refractivity contribution in [1.82, 2.24) is 0 Å². The molecule has 0 unspecified atom stereocenters. The van der Waals surface area contributed by atoms with Crippen molar-refractivity contribution in [1.29, 1.82) is 0 Å². The van der Waals surface area contributed by atoms with E-state index in [4.69, 9.17) is 34.8 Å². The lowest BCUT2D eigenvalue weighted by Gasteiger charge is -2.13. The Balaban J connectivity index is 2.56. The van der Waals surface area contributed by atoms with Crippen LogP contribution in [-0.4, -0.2) is 6.61 Å². The fraction of sp³-hybridized carbons (Fsp3) is 0.0769. The van der Waals surface area contributed by atoms with Gasteiger partial charge in [-0.25, -0.2) is 0 Å². The molecule has 0 saturated heterocycles. The third-order valence-corrected chi connectivity index (χ3v) is 3.45. The lowest BCUT2D eigenvalue weighted by atomic mass is 10.0. The number of hydrogen-bond acceptors (Lipinski definition) is 1. The van der Waals surface area contributed by atoms with Gasteiger partial charge in [0.1, 0.15) is 5.75 Å². The Morgan fingerprint density at radius 2 is 1.63 bits per heavy atom. The molecule has 19 heavy (non-hydrogen) atoms. The van der Waals surface area contributed by atoms with Crippen LogP contribution in [0.15, 0.2) is 36.4 Å². The highest BCUT2D eigenvalue weighted by atomic mass is 35.5. The maximum Gasteiger partial charge on any atom is 0.387 e. The highest BCUT2D eigenvalue weighted by Gasteiger charge is 2.15. The minimum absolute atomic E-state index is 0.0131. The van der Waals surface area contributed by atoms with E-state index in [0.29, 0.717) is 21.2 Å². The summed E-state index contributed by atoms with van der Waals surface area (Å²) in [7, 11) is 0. The zero-order valence-corrected chi connectivity index (χ0v) is 11.6. The SMILES string of the molecule is FC(F)Oc1cccc(Cl)c1-c1ccc(Cl)c(Cl)c1. The first-order valence-corrected chi connectivity index (χ1v) is 6.31. The molecule has 0 spiro atoms. The molecule has 0 aromatic heterocycles. The summed E-state index contributed by atoms with van der Waals surface area (Å²) >= 11 is 17.8. The van der Waals surface area contributed by atoms with Crippen LogP contribution in [0, 0.1) is 0 Å². The second kappa shape index (κ2) is 5.95. The first-order valence-electron chi connectivity index (χ1n) is 5.18. The summed E-state index contributed by atoms with van der Waals surface area (Å²) in [5.74, 6) is -0.0131. The smallest absolute Gasteiger partial charge is 0.387 e. The van der Waals surface area contributed by atoms with Gasteiger partial charge in [0.25, 0.3) is 0 Å². The monoisotopic (exact) mass is 322 g/mol. The molecule has 2 aromatic rings. The van der Waals surface area contributed by atoms with Crippen LogP contribution in [-0.2, 0) is 0 Å². The molecule has 2 aromatic carbocycles. The van der Waals surface area contributed by atoms with E-state index in [1.165, 1.54) is 12.1 Å². The van der Waals surface area contributed by atoms with Gasteiger partial charge >= 0.3 is 6.61 Å². The van der Waals surface area contributed by atoms with Gasteiger partial charge in [0.05, 0.1) is 15.1 Å². The van der Waals surface area contributed by atoms with Crippen LogP contribution in [0.2, 0.25) is 15.1 Å². The van der Waals surface area contributed by atoms with Crippen LogP contribution in [0.3, 0.4) is 0 Å². The minimum atomic E-state index is -2.93. The van der Waals surface area contributed by atoms with Gasteiger partial charge < -0.3 is 4.74 Å². The quantitative estimate of drug-likeness (QED) is 0.681. The van der Waals surface area contributed by atoms with Crippen molar-refractivity contribution in [2.24, 2.45) is 0 Å². The van der Waals surface area contributed by atoms with Crippen molar-refractivity contribution in [3.63, 3.8) is 0 Å². The molecule has 0 heterocycles. The van der Waals surface area contributed by atoms with E-state index in [1.807, 2.05) is 0 Å². The Kier molecular flexibility index (Phi) is 4.50. The number of rotatable bonds is 3. The predicted octanol–water partition coefficient (Wildman–Crippen LogP) is 5.92. The fourth-order valence-electron chi connectivity index (χ4n) is 1.63. The molecule has 100 valence electrons. The molecule has 0 amide bonds. The van der Waals surface area contributed by atoms with E-state index >= 15 is 0 Å². The Labute approximate surface area is 123 Å². The molecule has 1 nitrogen and oxygen atoms in total. The van der Waals surface area contributed by atoms with Gasteiger partial charge in [-0.2, -0.15) is 8.78 Å². The van der Waals surface area contributed by atoms with Crippen LogP contribution >= 0.6 is 34.8 Å². The van der Waals surface area contributed by atoms with Crippen molar-refractivity contribution >= 4 is 34.8 Å². The Morgan fingerprint density at radius 3 is 2.26 bits per heavy atom. The van der Waals surface area contributed by atoms with Crippen LogP contribution in [0.4, 0.5) is 8.78 Å². The van der Waals surface area contributed by atoms with Crippen LogP contribution in [0.25, 0.3) is 11.1 Å². The zero-order chi connectivity index (χ0) is 14.0. The second-order valence-electron chi connectivity index (χ2n) is 3.62. The van der Waals surface area contributed by atoms with Gasteiger partial charge in [0, 0.05) is 5.56 Å². The highest BCUT2D eigenvalue weighted by molar-refractivity contribution is 6.42. The summed E-state index contributed by atoms with van der Waals surface area (Å²) in [6.45, 7) is -2.93. The third kappa shape index (κ3) is 3.30. The summed E-state index contributed by atoms with van der Waals surface area (Å²) < 4.78 is 29.2. The number of ether oxygens (including phenoxy) is 1. The highest BCUT2D eigenvalue weighted by Crippen LogP contribution is 2.39. The van der Waals surface area contributed by atoms with Crippen molar-refractivity contribution < 1.29 is 13.5 Å². The third-order valence-electron chi connectivity index (χ3n) is 2.40. The van der Waals surface area contributed by atoms with E-state index in [-0.39, 0.29) is 10.8 Å². The van der Waals surface area contributed by atoms with Crippen molar-refractivity contribution in [3.05, 3.63) is 51.5 Å². The molecule has 0 aliphatic rings.